The monoisotopic (exact) mass is 251 g/mol. The normalized spacial score (nSPS) is 12.4. The molecule has 0 saturated carbocycles. The molecule has 0 radical (unpaired) electrons. The molecule has 0 heterocycles. The van der Waals surface area contributed by atoms with Crippen molar-refractivity contribution in [2.75, 3.05) is 6.54 Å². The van der Waals surface area contributed by atoms with E-state index in [0.717, 1.165) is 5.56 Å². The van der Waals surface area contributed by atoms with E-state index in [0.29, 0.717) is 25.3 Å². The van der Waals surface area contributed by atoms with Crippen molar-refractivity contribution in [2.45, 2.75) is 32.8 Å². The molecule has 0 aliphatic carbocycles. The summed E-state index contributed by atoms with van der Waals surface area (Å²) >= 11 is 0. The van der Waals surface area contributed by atoms with Crippen molar-refractivity contribution in [1.29, 1.82) is 0 Å². The number of aliphatic hydroxyl groups is 1. The van der Waals surface area contributed by atoms with Crippen LogP contribution in [0.4, 0.5) is 0 Å². The van der Waals surface area contributed by atoms with E-state index in [9.17, 15) is 9.90 Å². The summed E-state index contributed by atoms with van der Waals surface area (Å²) in [6.07, 6.45) is 0.232. The predicted molar refractivity (Wildman–Crippen MR) is 70.3 cm³/mol. The zero-order chi connectivity index (χ0) is 13.5. The van der Waals surface area contributed by atoms with Crippen LogP contribution in [-0.2, 0) is 11.2 Å². The van der Waals surface area contributed by atoms with Crippen LogP contribution in [0.2, 0.25) is 0 Å². The Morgan fingerprint density at radius 2 is 1.89 bits per heavy atom. The Bertz CT molecular complexity index is 373. The standard InChI is InChI=1S/C14H21NO3/c1-10(2)9-13(17)14(18)15-8-7-11-3-5-12(16)6-4-11/h3-6,10,13,16-17H,7-9H2,1-2H3,(H,15,18). The molecule has 1 atom stereocenters. The third kappa shape index (κ3) is 5.19. The lowest BCUT2D eigenvalue weighted by Gasteiger charge is -2.13. The lowest BCUT2D eigenvalue weighted by Crippen LogP contribution is -2.36. The van der Waals surface area contributed by atoms with E-state index in [-0.39, 0.29) is 11.7 Å². The zero-order valence-electron chi connectivity index (χ0n) is 10.9. The summed E-state index contributed by atoms with van der Waals surface area (Å²) in [5, 5.41) is 21.4. The van der Waals surface area contributed by atoms with Gasteiger partial charge in [-0.05, 0) is 36.5 Å². The van der Waals surface area contributed by atoms with E-state index in [1.54, 1.807) is 12.1 Å². The first kappa shape index (κ1) is 14.5. The Morgan fingerprint density at radius 1 is 1.28 bits per heavy atom. The lowest BCUT2D eigenvalue weighted by atomic mass is 10.1. The molecule has 0 aromatic heterocycles. The molecule has 0 fully saturated rings. The molecule has 4 heteroatoms. The highest BCUT2D eigenvalue weighted by Crippen LogP contribution is 2.09. The van der Waals surface area contributed by atoms with E-state index in [4.69, 9.17) is 5.11 Å². The van der Waals surface area contributed by atoms with Gasteiger partial charge in [-0.15, -0.1) is 0 Å². The number of carbonyl (C=O) groups excluding carboxylic acids is 1. The highest BCUT2D eigenvalue weighted by molar-refractivity contribution is 5.80. The summed E-state index contributed by atoms with van der Waals surface area (Å²) in [6.45, 7) is 4.42. The Hall–Kier alpha value is -1.55. The summed E-state index contributed by atoms with van der Waals surface area (Å²) in [4.78, 5) is 11.5. The number of aliphatic hydroxyl groups excluding tert-OH is 1. The first-order valence-corrected chi connectivity index (χ1v) is 6.22. The molecule has 1 amide bonds. The number of phenolic OH excluding ortho intramolecular Hbond substituents is 1. The minimum atomic E-state index is -0.926. The summed E-state index contributed by atoms with van der Waals surface area (Å²) < 4.78 is 0. The molecule has 1 aromatic carbocycles. The summed E-state index contributed by atoms with van der Waals surface area (Å²) in [7, 11) is 0. The fraction of sp³-hybridized carbons (Fsp3) is 0.500. The Morgan fingerprint density at radius 3 is 2.44 bits per heavy atom. The molecule has 1 aromatic rings. The molecule has 18 heavy (non-hydrogen) atoms. The van der Waals surface area contributed by atoms with Crippen molar-refractivity contribution in [1.82, 2.24) is 5.32 Å². The van der Waals surface area contributed by atoms with E-state index in [2.05, 4.69) is 5.32 Å². The largest absolute Gasteiger partial charge is 0.508 e. The molecular weight excluding hydrogens is 230 g/mol. The van der Waals surface area contributed by atoms with Crippen LogP contribution < -0.4 is 5.32 Å². The third-order valence-corrected chi connectivity index (χ3v) is 2.65. The number of hydrogen-bond donors (Lipinski definition) is 3. The van der Waals surface area contributed by atoms with Gasteiger partial charge in [0.1, 0.15) is 11.9 Å². The second-order valence-corrected chi connectivity index (χ2v) is 4.85. The quantitative estimate of drug-likeness (QED) is 0.717. The minimum absolute atomic E-state index is 0.232. The van der Waals surface area contributed by atoms with Crippen LogP contribution in [0, 0.1) is 5.92 Å². The fourth-order valence-corrected chi connectivity index (χ4v) is 1.66. The van der Waals surface area contributed by atoms with Gasteiger partial charge in [0.05, 0.1) is 0 Å². The molecule has 0 spiro atoms. The highest BCUT2D eigenvalue weighted by atomic mass is 16.3. The van der Waals surface area contributed by atoms with Gasteiger partial charge >= 0.3 is 0 Å². The van der Waals surface area contributed by atoms with Crippen molar-refractivity contribution in [3.05, 3.63) is 29.8 Å². The van der Waals surface area contributed by atoms with Crippen LogP contribution in [0.1, 0.15) is 25.8 Å². The van der Waals surface area contributed by atoms with E-state index in [1.165, 1.54) is 0 Å². The van der Waals surface area contributed by atoms with E-state index < -0.39 is 6.10 Å². The maximum Gasteiger partial charge on any atom is 0.248 e. The average Bonchev–Trinajstić information content (AvgIpc) is 2.30. The SMILES string of the molecule is CC(C)CC(O)C(=O)NCCc1ccc(O)cc1. The number of carbonyl (C=O) groups is 1. The van der Waals surface area contributed by atoms with Gasteiger partial charge in [0.2, 0.25) is 5.91 Å². The third-order valence-electron chi connectivity index (χ3n) is 2.65. The smallest absolute Gasteiger partial charge is 0.248 e. The number of nitrogens with one attached hydrogen (secondary N) is 1. The number of phenols is 1. The van der Waals surface area contributed by atoms with Crippen LogP contribution in [0.5, 0.6) is 5.75 Å². The van der Waals surface area contributed by atoms with Crippen LogP contribution in [0.25, 0.3) is 0 Å². The average molecular weight is 251 g/mol. The van der Waals surface area contributed by atoms with Gasteiger partial charge in [0.25, 0.3) is 0 Å². The summed E-state index contributed by atoms with van der Waals surface area (Å²) in [6, 6.07) is 6.85. The molecule has 100 valence electrons. The summed E-state index contributed by atoms with van der Waals surface area (Å²) in [5.74, 6) is 0.209. The molecule has 1 unspecified atom stereocenters. The number of hydrogen-bond acceptors (Lipinski definition) is 3. The lowest BCUT2D eigenvalue weighted by molar-refractivity contribution is -0.130. The van der Waals surface area contributed by atoms with Crippen molar-refractivity contribution in [3.8, 4) is 5.75 Å². The van der Waals surface area contributed by atoms with Crippen LogP contribution in [0.15, 0.2) is 24.3 Å². The predicted octanol–water partition coefficient (Wildman–Crippen LogP) is 1.46. The minimum Gasteiger partial charge on any atom is -0.508 e. The second kappa shape index (κ2) is 7.01. The Balaban J connectivity index is 2.29. The second-order valence-electron chi connectivity index (χ2n) is 4.85. The molecule has 4 nitrogen and oxygen atoms in total. The molecule has 0 saturated heterocycles. The number of aromatic hydroxyl groups is 1. The van der Waals surface area contributed by atoms with Gasteiger partial charge in [0.15, 0.2) is 0 Å². The van der Waals surface area contributed by atoms with Gasteiger partial charge in [-0.1, -0.05) is 26.0 Å². The van der Waals surface area contributed by atoms with Gasteiger partial charge in [-0.2, -0.15) is 0 Å². The van der Waals surface area contributed by atoms with E-state index in [1.807, 2.05) is 26.0 Å². The maximum atomic E-state index is 11.5. The van der Waals surface area contributed by atoms with Crippen molar-refractivity contribution < 1.29 is 15.0 Å². The fourth-order valence-electron chi connectivity index (χ4n) is 1.66. The van der Waals surface area contributed by atoms with Crippen LogP contribution in [0.3, 0.4) is 0 Å². The first-order valence-electron chi connectivity index (χ1n) is 6.22. The number of rotatable bonds is 6. The van der Waals surface area contributed by atoms with Gasteiger partial charge in [0, 0.05) is 6.54 Å². The molecular formula is C14H21NO3. The van der Waals surface area contributed by atoms with Gasteiger partial charge in [-0.3, -0.25) is 4.79 Å². The zero-order valence-corrected chi connectivity index (χ0v) is 10.9. The Kier molecular flexibility index (Phi) is 5.65. The van der Waals surface area contributed by atoms with Crippen molar-refractivity contribution in [2.24, 2.45) is 5.92 Å². The van der Waals surface area contributed by atoms with Crippen LogP contribution >= 0.6 is 0 Å². The number of amides is 1. The molecule has 0 aliphatic heterocycles. The number of benzene rings is 1. The first-order chi connectivity index (χ1) is 8.49. The summed E-state index contributed by atoms with van der Waals surface area (Å²) in [5.41, 5.74) is 1.03. The molecule has 0 aliphatic rings. The molecule has 0 bridgehead atoms. The molecule has 1 rings (SSSR count). The molecule has 3 N–H and O–H groups in total. The Labute approximate surface area is 108 Å². The van der Waals surface area contributed by atoms with Crippen LogP contribution in [-0.4, -0.2) is 28.8 Å². The maximum absolute atomic E-state index is 11.5. The topological polar surface area (TPSA) is 69.6 Å². The van der Waals surface area contributed by atoms with Gasteiger partial charge < -0.3 is 15.5 Å². The van der Waals surface area contributed by atoms with Gasteiger partial charge in [-0.25, -0.2) is 0 Å². The van der Waals surface area contributed by atoms with Crippen molar-refractivity contribution >= 4 is 5.91 Å². The van der Waals surface area contributed by atoms with E-state index >= 15 is 0 Å². The highest BCUT2D eigenvalue weighted by Gasteiger charge is 2.15. The van der Waals surface area contributed by atoms with Crippen molar-refractivity contribution in [3.63, 3.8) is 0 Å².